The second-order valence-electron chi connectivity index (χ2n) is 6.66. The molecule has 7 nitrogen and oxygen atoms in total. The molecule has 1 fully saturated rings. The second kappa shape index (κ2) is 9.33. The van der Waals surface area contributed by atoms with Crippen LogP contribution in [-0.4, -0.2) is 48.0 Å². The van der Waals surface area contributed by atoms with Gasteiger partial charge < -0.3 is 10.0 Å². The number of benzene rings is 1. The Morgan fingerprint density at radius 3 is 2.38 bits per heavy atom. The molecule has 1 saturated carbocycles. The third kappa shape index (κ3) is 4.82. The van der Waals surface area contributed by atoms with Crippen molar-refractivity contribution < 1.29 is 24.3 Å². The molecule has 142 valence electrons. The molecule has 2 rings (SSSR count). The van der Waals surface area contributed by atoms with E-state index in [1.807, 2.05) is 30.3 Å². The Morgan fingerprint density at radius 1 is 1.19 bits per heavy atom. The maximum atomic E-state index is 13.0. The van der Waals surface area contributed by atoms with Crippen molar-refractivity contribution in [2.45, 2.75) is 38.1 Å². The SMILES string of the molecule is CONC(=O)C(Cc1ccccc1)N(C)C(=O)C1CCCCC1C(=O)O. The van der Waals surface area contributed by atoms with Gasteiger partial charge in [-0.1, -0.05) is 43.2 Å². The van der Waals surface area contributed by atoms with Crippen LogP contribution in [0.25, 0.3) is 0 Å². The van der Waals surface area contributed by atoms with E-state index < -0.39 is 29.8 Å². The van der Waals surface area contributed by atoms with Crippen LogP contribution in [0.5, 0.6) is 0 Å². The quantitative estimate of drug-likeness (QED) is 0.719. The number of carboxylic acid groups (broad SMARTS) is 1. The summed E-state index contributed by atoms with van der Waals surface area (Å²) in [5, 5.41) is 9.44. The third-order valence-corrected chi connectivity index (χ3v) is 4.99. The van der Waals surface area contributed by atoms with E-state index in [2.05, 4.69) is 5.48 Å². The van der Waals surface area contributed by atoms with Crippen molar-refractivity contribution in [3.63, 3.8) is 0 Å². The fraction of sp³-hybridized carbons (Fsp3) is 0.526. The van der Waals surface area contributed by atoms with Crippen LogP contribution < -0.4 is 5.48 Å². The van der Waals surface area contributed by atoms with E-state index in [4.69, 9.17) is 4.84 Å². The van der Waals surface area contributed by atoms with Crippen LogP contribution in [0.1, 0.15) is 31.2 Å². The molecule has 1 aromatic carbocycles. The van der Waals surface area contributed by atoms with Gasteiger partial charge in [0.2, 0.25) is 5.91 Å². The molecule has 0 radical (unpaired) electrons. The van der Waals surface area contributed by atoms with E-state index in [9.17, 15) is 19.5 Å². The topological polar surface area (TPSA) is 95.9 Å². The number of aliphatic carboxylic acids is 1. The Labute approximate surface area is 153 Å². The summed E-state index contributed by atoms with van der Waals surface area (Å²) in [7, 11) is 2.89. The molecule has 0 spiro atoms. The molecule has 26 heavy (non-hydrogen) atoms. The molecule has 0 saturated heterocycles. The molecule has 2 N–H and O–H groups in total. The zero-order chi connectivity index (χ0) is 19.1. The maximum absolute atomic E-state index is 13.0. The minimum absolute atomic E-state index is 0.302. The summed E-state index contributed by atoms with van der Waals surface area (Å²) in [5.74, 6) is -2.97. The number of carboxylic acids is 1. The number of amides is 2. The summed E-state index contributed by atoms with van der Waals surface area (Å²) in [6.45, 7) is 0. The van der Waals surface area contributed by atoms with Gasteiger partial charge >= 0.3 is 5.97 Å². The van der Waals surface area contributed by atoms with Crippen molar-refractivity contribution in [3.05, 3.63) is 35.9 Å². The molecule has 0 heterocycles. The van der Waals surface area contributed by atoms with E-state index in [0.29, 0.717) is 19.3 Å². The molecule has 0 aliphatic heterocycles. The zero-order valence-electron chi connectivity index (χ0n) is 15.2. The Balaban J connectivity index is 2.20. The highest BCUT2D eigenvalue weighted by molar-refractivity contribution is 5.90. The molecule has 0 bridgehead atoms. The molecule has 0 aromatic heterocycles. The van der Waals surface area contributed by atoms with Crippen molar-refractivity contribution in [2.24, 2.45) is 11.8 Å². The van der Waals surface area contributed by atoms with Gasteiger partial charge in [0.15, 0.2) is 0 Å². The minimum Gasteiger partial charge on any atom is -0.481 e. The first-order valence-electron chi connectivity index (χ1n) is 8.82. The van der Waals surface area contributed by atoms with Gasteiger partial charge in [0.05, 0.1) is 18.9 Å². The Kier molecular flexibility index (Phi) is 7.15. The van der Waals surface area contributed by atoms with Gasteiger partial charge in [-0.25, -0.2) is 5.48 Å². The molecule has 2 amide bonds. The largest absolute Gasteiger partial charge is 0.481 e. The van der Waals surface area contributed by atoms with Gasteiger partial charge in [-0.2, -0.15) is 0 Å². The minimum atomic E-state index is -0.947. The molecule has 3 atom stereocenters. The lowest BCUT2D eigenvalue weighted by atomic mass is 9.78. The van der Waals surface area contributed by atoms with Gasteiger partial charge in [-0.05, 0) is 18.4 Å². The lowest BCUT2D eigenvalue weighted by Gasteiger charge is -2.34. The molecule has 1 aliphatic carbocycles. The monoisotopic (exact) mass is 362 g/mol. The average Bonchev–Trinajstić information content (AvgIpc) is 2.66. The molecule has 7 heteroatoms. The van der Waals surface area contributed by atoms with Crippen molar-refractivity contribution in [2.75, 3.05) is 14.2 Å². The molecule has 3 unspecified atom stereocenters. The zero-order valence-corrected chi connectivity index (χ0v) is 15.2. The number of hydrogen-bond donors (Lipinski definition) is 2. The van der Waals surface area contributed by atoms with Crippen LogP contribution in [0.3, 0.4) is 0 Å². The first-order chi connectivity index (χ1) is 12.5. The fourth-order valence-corrected chi connectivity index (χ4v) is 3.55. The van der Waals surface area contributed by atoms with Crippen LogP contribution in [-0.2, 0) is 25.6 Å². The predicted molar refractivity (Wildman–Crippen MR) is 94.9 cm³/mol. The van der Waals surface area contributed by atoms with Crippen LogP contribution in [0.15, 0.2) is 30.3 Å². The van der Waals surface area contributed by atoms with E-state index >= 15 is 0 Å². The van der Waals surface area contributed by atoms with Crippen LogP contribution in [0, 0.1) is 11.8 Å². The van der Waals surface area contributed by atoms with Gasteiger partial charge in [0, 0.05) is 13.5 Å². The van der Waals surface area contributed by atoms with E-state index in [1.54, 1.807) is 7.05 Å². The summed E-state index contributed by atoms with van der Waals surface area (Å²) in [6.07, 6.45) is 2.98. The van der Waals surface area contributed by atoms with Crippen molar-refractivity contribution in [1.82, 2.24) is 10.4 Å². The normalized spacial score (nSPS) is 20.8. The van der Waals surface area contributed by atoms with Crippen LogP contribution >= 0.6 is 0 Å². The van der Waals surface area contributed by atoms with Crippen molar-refractivity contribution >= 4 is 17.8 Å². The number of nitrogens with one attached hydrogen (secondary N) is 1. The summed E-state index contributed by atoms with van der Waals surface area (Å²) in [5.41, 5.74) is 3.19. The van der Waals surface area contributed by atoms with E-state index in [1.165, 1.54) is 12.0 Å². The number of carbonyl (C=O) groups is 3. The van der Waals surface area contributed by atoms with E-state index in [-0.39, 0.29) is 5.91 Å². The average molecular weight is 362 g/mol. The lowest BCUT2D eigenvalue weighted by Crippen LogP contribution is -2.52. The first kappa shape index (κ1) is 19.9. The number of likely N-dealkylation sites (N-methyl/N-ethyl adjacent to an activating group) is 1. The molecular weight excluding hydrogens is 336 g/mol. The summed E-state index contributed by atoms with van der Waals surface area (Å²) in [6, 6.07) is 8.59. The summed E-state index contributed by atoms with van der Waals surface area (Å²) in [4.78, 5) is 43.1. The second-order valence-corrected chi connectivity index (χ2v) is 6.66. The summed E-state index contributed by atoms with van der Waals surface area (Å²) >= 11 is 0. The van der Waals surface area contributed by atoms with Gasteiger partial charge in [0.25, 0.3) is 5.91 Å². The highest BCUT2D eigenvalue weighted by Gasteiger charge is 2.39. The van der Waals surface area contributed by atoms with Gasteiger partial charge in [0.1, 0.15) is 6.04 Å². The smallest absolute Gasteiger partial charge is 0.307 e. The van der Waals surface area contributed by atoms with Crippen molar-refractivity contribution in [1.29, 1.82) is 0 Å². The highest BCUT2D eigenvalue weighted by atomic mass is 16.6. The van der Waals surface area contributed by atoms with Crippen LogP contribution in [0.4, 0.5) is 0 Å². The lowest BCUT2D eigenvalue weighted by molar-refractivity contribution is -0.154. The molecule has 1 aliphatic rings. The number of carbonyl (C=O) groups excluding carboxylic acids is 2. The van der Waals surface area contributed by atoms with Gasteiger partial charge in [-0.3, -0.25) is 19.2 Å². The summed E-state index contributed by atoms with van der Waals surface area (Å²) < 4.78 is 0. The Hall–Kier alpha value is -2.41. The number of hydrogen-bond acceptors (Lipinski definition) is 4. The maximum Gasteiger partial charge on any atom is 0.307 e. The highest BCUT2D eigenvalue weighted by Crippen LogP contribution is 2.32. The number of hydroxylamine groups is 1. The van der Waals surface area contributed by atoms with Crippen molar-refractivity contribution in [3.8, 4) is 0 Å². The number of nitrogens with zero attached hydrogens (tertiary/aromatic N) is 1. The number of rotatable bonds is 7. The predicted octanol–water partition coefficient (Wildman–Crippen LogP) is 1.62. The standard InChI is InChI=1S/C19H26N2O5/c1-21(18(23)14-10-6-7-11-15(14)19(24)25)16(17(22)20-26-2)12-13-8-4-3-5-9-13/h3-5,8-9,14-16H,6-7,10-12H2,1-2H3,(H,20,22)(H,24,25). The third-order valence-electron chi connectivity index (χ3n) is 4.99. The van der Waals surface area contributed by atoms with Gasteiger partial charge in [-0.15, -0.1) is 0 Å². The van der Waals surface area contributed by atoms with Crippen LogP contribution in [0.2, 0.25) is 0 Å². The molecule has 1 aromatic rings. The van der Waals surface area contributed by atoms with E-state index in [0.717, 1.165) is 18.4 Å². The Morgan fingerprint density at radius 2 is 1.81 bits per heavy atom. The molecular formula is C19H26N2O5. The first-order valence-corrected chi connectivity index (χ1v) is 8.82. The fourth-order valence-electron chi connectivity index (χ4n) is 3.55. The Bertz CT molecular complexity index is 634.